The maximum atomic E-state index is 12.0. The summed E-state index contributed by atoms with van der Waals surface area (Å²) >= 11 is 0. The molecule has 110 valence electrons. The number of carbonyl (C=O) groups excluding carboxylic acids is 1. The van der Waals surface area contributed by atoms with E-state index in [0.717, 1.165) is 38.8 Å². The summed E-state index contributed by atoms with van der Waals surface area (Å²) in [5.41, 5.74) is 3.74. The number of H-pyrrole nitrogens is 1. The van der Waals surface area contributed by atoms with Crippen LogP contribution in [0.2, 0.25) is 0 Å². The number of hydrogen-bond acceptors (Lipinski definition) is 2. The van der Waals surface area contributed by atoms with Crippen LogP contribution in [-0.2, 0) is 11.2 Å². The van der Waals surface area contributed by atoms with Gasteiger partial charge in [0, 0.05) is 28.6 Å². The molecule has 3 nitrogen and oxygen atoms in total. The molecule has 0 amide bonds. The van der Waals surface area contributed by atoms with Crippen molar-refractivity contribution in [2.24, 2.45) is 5.41 Å². The second-order valence-electron chi connectivity index (χ2n) is 6.56. The van der Waals surface area contributed by atoms with Crippen LogP contribution in [0, 0.1) is 5.41 Å². The van der Waals surface area contributed by atoms with Gasteiger partial charge in [0.2, 0.25) is 0 Å². The van der Waals surface area contributed by atoms with Crippen molar-refractivity contribution in [3.63, 3.8) is 0 Å². The van der Waals surface area contributed by atoms with Crippen LogP contribution >= 0.6 is 0 Å². The van der Waals surface area contributed by atoms with Gasteiger partial charge in [-0.2, -0.15) is 0 Å². The molecule has 2 aromatic rings. The molecule has 2 aliphatic heterocycles. The average molecular weight is 282 g/mol. The van der Waals surface area contributed by atoms with Crippen LogP contribution in [0.15, 0.2) is 24.3 Å². The molecule has 0 bridgehead atoms. The van der Waals surface area contributed by atoms with Crippen LogP contribution in [0.3, 0.4) is 0 Å². The van der Waals surface area contributed by atoms with E-state index in [1.165, 1.54) is 28.4 Å². The maximum absolute atomic E-state index is 12.0. The fraction of sp³-hybridized carbons (Fsp3) is 0.500. The minimum Gasteiger partial charge on any atom is -0.357 e. The minimum atomic E-state index is -0.214. The number of benzene rings is 1. The van der Waals surface area contributed by atoms with E-state index >= 15 is 0 Å². The van der Waals surface area contributed by atoms with Gasteiger partial charge in [-0.25, -0.2) is 0 Å². The van der Waals surface area contributed by atoms with E-state index in [1.807, 2.05) is 0 Å². The van der Waals surface area contributed by atoms with Crippen molar-refractivity contribution in [3.05, 3.63) is 35.5 Å². The van der Waals surface area contributed by atoms with E-state index in [1.54, 1.807) is 0 Å². The Labute approximate surface area is 125 Å². The first kappa shape index (κ1) is 13.1. The van der Waals surface area contributed by atoms with Gasteiger partial charge in [0.15, 0.2) is 0 Å². The lowest BCUT2D eigenvalue weighted by molar-refractivity contribution is -0.124. The van der Waals surface area contributed by atoms with Crippen LogP contribution in [0.25, 0.3) is 10.9 Å². The monoisotopic (exact) mass is 282 g/mol. The molecule has 0 saturated carbocycles. The number of para-hydroxylation sites is 1. The van der Waals surface area contributed by atoms with Gasteiger partial charge in [0.05, 0.1) is 6.04 Å². The number of aromatic nitrogens is 1. The van der Waals surface area contributed by atoms with Gasteiger partial charge in [-0.05, 0) is 43.9 Å². The largest absolute Gasteiger partial charge is 0.357 e. The summed E-state index contributed by atoms with van der Waals surface area (Å²) in [7, 11) is 0. The highest BCUT2D eigenvalue weighted by molar-refractivity contribution is 5.85. The molecule has 1 aromatic carbocycles. The Morgan fingerprint density at radius 3 is 3.05 bits per heavy atom. The number of hydrogen-bond donors (Lipinski definition) is 1. The first-order chi connectivity index (χ1) is 10.3. The minimum absolute atomic E-state index is 0.214. The molecule has 3 heterocycles. The predicted molar refractivity (Wildman–Crippen MR) is 84.3 cm³/mol. The molecule has 0 spiro atoms. The zero-order valence-electron chi connectivity index (χ0n) is 12.6. The summed E-state index contributed by atoms with van der Waals surface area (Å²) in [5.74, 6) is 0. The first-order valence-electron chi connectivity index (χ1n) is 8.09. The normalized spacial score (nSPS) is 29.1. The summed E-state index contributed by atoms with van der Waals surface area (Å²) < 4.78 is 0. The molecular formula is C18H22N2O. The van der Waals surface area contributed by atoms with Gasteiger partial charge < -0.3 is 9.78 Å². The van der Waals surface area contributed by atoms with E-state index in [9.17, 15) is 4.79 Å². The summed E-state index contributed by atoms with van der Waals surface area (Å²) in [6.45, 7) is 4.36. The Balaban J connectivity index is 1.93. The van der Waals surface area contributed by atoms with Gasteiger partial charge in [-0.3, -0.25) is 4.90 Å². The third kappa shape index (κ3) is 1.73. The van der Waals surface area contributed by atoms with Gasteiger partial charge in [-0.15, -0.1) is 0 Å². The van der Waals surface area contributed by atoms with Crippen LogP contribution in [0.4, 0.5) is 0 Å². The molecule has 2 atom stereocenters. The molecule has 21 heavy (non-hydrogen) atoms. The molecular weight excluding hydrogens is 260 g/mol. The Morgan fingerprint density at radius 1 is 1.38 bits per heavy atom. The fourth-order valence-electron chi connectivity index (χ4n) is 4.51. The number of aromatic amines is 1. The Bertz CT molecular complexity index is 690. The third-order valence-electron chi connectivity index (χ3n) is 5.66. The van der Waals surface area contributed by atoms with Crippen molar-refractivity contribution in [2.75, 3.05) is 13.1 Å². The number of nitrogens with zero attached hydrogens (tertiary/aromatic N) is 1. The molecule has 4 rings (SSSR count). The molecule has 3 heteroatoms. The third-order valence-corrected chi connectivity index (χ3v) is 5.66. The van der Waals surface area contributed by atoms with E-state index in [-0.39, 0.29) is 11.5 Å². The lowest BCUT2D eigenvalue weighted by Gasteiger charge is -2.49. The number of rotatable bonds is 2. The molecule has 1 fully saturated rings. The number of aldehydes is 1. The quantitative estimate of drug-likeness (QED) is 0.856. The molecule has 1 N–H and O–H groups in total. The lowest BCUT2D eigenvalue weighted by Crippen LogP contribution is -2.50. The first-order valence-corrected chi connectivity index (χ1v) is 8.09. The van der Waals surface area contributed by atoms with Gasteiger partial charge in [0.1, 0.15) is 6.29 Å². The molecule has 1 saturated heterocycles. The average Bonchev–Trinajstić information content (AvgIpc) is 2.92. The second kappa shape index (κ2) is 4.70. The van der Waals surface area contributed by atoms with Crippen molar-refractivity contribution >= 4 is 17.2 Å². The number of fused-ring (bicyclic) bond motifs is 5. The molecule has 0 aliphatic carbocycles. The van der Waals surface area contributed by atoms with Crippen molar-refractivity contribution in [2.45, 2.75) is 38.6 Å². The maximum Gasteiger partial charge on any atom is 0.128 e. The van der Waals surface area contributed by atoms with Crippen molar-refractivity contribution in [1.29, 1.82) is 0 Å². The van der Waals surface area contributed by atoms with Gasteiger partial charge >= 0.3 is 0 Å². The summed E-state index contributed by atoms with van der Waals surface area (Å²) in [6, 6.07) is 8.78. The molecule has 1 aromatic heterocycles. The Kier molecular flexibility index (Phi) is 2.93. The van der Waals surface area contributed by atoms with E-state index in [0.29, 0.717) is 0 Å². The van der Waals surface area contributed by atoms with Crippen molar-refractivity contribution < 1.29 is 4.79 Å². The molecule has 2 aliphatic rings. The summed E-state index contributed by atoms with van der Waals surface area (Å²) in [4.78, 5) is 18.1. The Hall–Kier alpha value is -1.61. The standard InChI is InChI=1S/C18H22N2O/c1-2-18(12-21)9-5-10-20-11-8-14-13-6-3-4-7-15(13)19-16(14)17(18)20/h3-4,6-7,12,17,19H,2,5,8-11H2,1H3. The SMILES string of the molecule is CCC1(C=O)CCCN2CCc3c([nH]c4ccccc34)C21. The highest BCUT2D eigenvalue weighted by Gasteiger charge is 2.47. The van der Waals surface area contributed by atoms with Crippen molar-refractivity contribution in [3.8, 4) is 0 Å². The topological polar surface area (TPSA) is 36.1 Å². The molecule has 2 unspecified atom stereocenters. The smallest absolute Gasteiger partial charge is 0.128 e. The predicted octanol–water partition coefficient (Wildman–Crippen LogP) is 3.46. The highest BCUT2D eigenvalue weighted by atomic mass is 16.1. The number of piperidine rings is 1. The molecule has 0 radical (unpaired) electrons. The highest BCUT2D eigenvalue weighted by Crippen LogP contribution is 2.50. The second-order valence-corrected chi connectivity index (χ2v) is 6.56. The lowest BCUT2D eigenvalue weighted by atomic mass is 9.69. The summed E-state index contributed by atoms with van der Waals surface area (Å²) in [5, 5.41) is 1.34. The van der Waals surface area contributed by atoms with E-state index in [2.05, 4.69) is 41.1 Å². The van der Waals surface area contributed by atoms with Crippen LogP contribution < -0.4 is 0 Å². The van der Waals surface area contributed by atoms with E-state index in [4.69, 9.17) is 0 Å². The van der Waals surface area contributed by atoms with Gasteiger partial charge in [0.25, 0.3) is 0 Å². The van der Waals surface area contributed by atoms with E-state index < -0.39 is 0 Å². The van der Waals surface area contributed by atoms with Crippen LogP contribution in [0.1, 0.15) is 43.5 Å². The Morgan fingerprint density at radius 2 is 2.24 bits per heavy atom. The van der Waals surface area contributed by atoms with Crippen molar-refractivity contribution in [1.82, 2.24) is 9.88 Å². The zero-order chi connectivity index (χ0) is 14.4. The number of carbonyl (C=O) groups is 1. The van der Waals surface area contributed by atoms with Crippen LogP contribution in [-0.4, -0.2) is 29.3 Å². The van der Waals surface area contributed by atoms with Crippen LogP contribution in [0.5, 0.6) is 0 Å². The fourth-order valence-corrected chi connectivity index (χ4v) is 4.51. The summed E-state index contributed by atoms with van der Waals surface area (Å²) in [6.07, 6.45) is 5.41. The number of nitrogens with one attached hydrogen (secondary N) is 1. The zero-order valence-corrected chi connectivity index (χ0v) is 12.6. The van der Waals surface area contributed by atoms with Gasteiger partial charge in [-0.1, -0.05) is 25.1 Å².